The zero-order chi connectivity index (χ0) is 11.1. The van der Waals surface area contributed by atoms with Crippen molar-refractivity contribution in [2.45, 2.75) is 26.4 Å². The summed E-state index contributed by atoms with van der Waals surface area (Å²) in [5.74, 6) is 0.918. The summed E-state index contributed by atoms with van der Waals surface area (Å²) in [6.07, 6.45) is 5.30. The monoisotopic (exact) mass is 205 g/mol. The molecule has 0 atom stereocenters. The summed E-state index contributed by atoms with van der Waals surface area (Å²) in [5, 5.41) is 0. The summed E-state index contributed by atoms with van der Waals surface area (Å²) in [4.78, 5) is 0. The molecule has 0 aromatic heterocycles. The molecule has 82 valence electrons. The van der Waals surface area contributed by atoms with Crippen LogP contribution in [0.25, 0.3) is 6.08 Å². The Balaban J connectivity index is 2.56. The summed E-state index contributed by atoms with van der Waals surface area (Å²) >= 11 is 0. The minimum atomic E-state index is 0.226. The van der Waals surface area contributed by atoms with E-state index in [2.05, 4.69) is 12.2 Å². The molecule has 0 fully saturated rings. The van der Waals surface area contributed by atoms with Crippen molar-refractivity contribution >= 4 is 6.08 Å². The molecule has 0 unspecified atom stereocenters. The van der Waals surface area contributed by atoms with Crippen LogP contribution in [0.4, 0.5) is 0 Å². The van der Waals surface area contributed by atoms with Crippen molar-refractivity contribution in [2.75, 3.05) is 6.54 Å². The molecule has 1 aromatic rings. The maximum absolute atomic E-state index is 5.55. The maximum atomic E-state index is 5.55. The van der Waals surface area contributed by atoms with Gasteiger partial charge in [-0.3, -0.25) is 0 Å². The van der Waals surface area contributed by atoms with Gasteiger partial charge in [0.25, 0.3) is 0 Å². The molecule has 1 aromatic carbocycles. The third-order valence-electron chi connectivity index (χ3n) is 1.90. The van der Waals surface area contributed by atoms with Gasteiger partial charge in [0.2, 0.25) is 0 Å². The topological polar surface area (TPSA) is 35.2 Å². The Morgan fingerprint density at radius 1 is 1.27 bits per heavy atom. The van der Waals surface area contributed by atoms with Crippen molar-refractivity contribution in [3.8, 4) is 5.75 Å². The average Bonchev–Trinajstić information content (AvgIpc) is 2.20. The number of hydrogen-bond donors (Lipinski definition) is 1. The second kappa shape index (κ2) is 6.25. The van der Waals surface area contributed by atoms with E-state index in [1.54, 1.807) is 0 Å². The van der Waals surface area contributed by atoms with Crippen molar-refractivity contribution < 1.29 is 4.74 Å². The summed E-state index contributed by atoms with van der Waals surface area (Å²) in [6.45, 7) is 4.75. The van der Waals surface area contributed by atoms with E-state index in [1.165, 1.54) is 5.56 Å². The molecule has 2 heteroatoms. The highest BCUT2D eigenvalue weighted by Gasteiger charge is 1.95. The van der Waals surface area contributed by atoms with Crippen LogP contribution in [0, 0.1) is 0 Å². The second-order valence-corrected chi connectivity index (χ2v) is 3.72. The Morgan fingerprint density at radius 2 is 1.93 bits per heavy atom. The Morgan fingerprint density at radius 3 is 2.47 bits per heavy atom. The fourth-order valence-electron chi connectivity index (χ4n) is 1.25. The van der Waals surface area contributed by atoms with E-state index in [4.69, 9.17) is 10.5 Å². The molecule has 2 N–H and O–H groups in total. The fourth-order valence-corrected chi connectivity index (χ4v) is 1.25. The lowest BCUT2D eigenvalue weighted by Gasteiger charge is -2.09. The van der Waals surface area contributed by atoms with Crippen LogP contribution in [0.2, 0.25) is 0 Å². The smallest absolute Gasteiger partial charge is 0.119 e. The highest BCUT2D eigenvalue weighted by molar-refractivity contribution is 5.50. The molecule has 2 nitrogen and oxygen atoms in total. The summed E-state index contributed by atoms with van der Waals surface area (Å²) < 4.78 is 5.55. The molecular formula is C13H19NO. The van der Waals surface area contributed by atoms with Crippen LogP contribution in [0.1, 0.15) is 25.8 Å². The molecule has 0 spiro atoms. The molecule has 0 aliphatic carbocycles. The zero-order valence-electron chi connectivity index (χ0n) is 9.44. The van der Waals surface area contributed by atoms with E-state index in [1.807, 2.05) is 38.1 Å². The van der Waals surface area contributed by atoms with Gasteiger partial charge in [-0.2, -0.15) is 0 Å². The van der Waals surface area contributed by atoms with Crippen molar-refractivity contribution in [1.29, 1.82) is 0 Å². The first-order valence-corrected chi connectivity index (χ1v) is 5.35. The molecule has 0 saturated carbocycles. The molecule has 15 heavy (non-hydrogen) atoms. The minimum absolute atomic E-state index is 0.226. The molecular weight excluding hydrogens is 186 g/mol. The first-order valence-electron chi connectivity index (χ1n) is 5.35. The maximum Gasteiger partial charge on any atom is 0.119 e. The Bertz CT molecular complexity index is 301. The lowest BCUT2D eigenvalue weighted by molar-refractivity contribution is 0.242. The zero-order valence-corrected chi connectivity index (χ0v) is 9.44. The van der Waals surface area contributed by atoms with E-state index in [0.29, 0.717) is 6.54 Å². The molecule has 0 bridgehead atoms. The summed E-state index contributed by atoms with van der Waals surface area (Å²) in [7, 11) is 0. The number of ether oxygens (including phenoxy) is 1. The van der Waals surface area contributed by atoms with Crippen molar-refractivity contribution in [2.24, 2.45) is 5.73 Å². The first-order chi connectivity index (χ1) is 7.22. The molecule has 0 radical (unpaired) electrons. The molecule has 0 saturated heterocycles. The van der Waals surface area contributed by atoms with Gasteiger partial charge in [-0.05, 0) is 44.5 Å². The number of hydrogen-bond acceptors (Lipinski definition) is 2. The van der Waals surface area contributed by atoms with Crippen LogP contribution < -0.4 is 10.5 Å². The standard InChI is InChI=1S/C13H19NO/c1-11(2)15-13-8-6-12(7-9-13)5-3-4-10-14/h3,5-9,11H,4,10,14H2,1-2H3. The minimum Gasteiger partial charge on any atom is -0.491 e. The molecule has 0 aliphatic rings. The van der Waals surface area contributed by atoms with Crippen LogP contribution in [-0.2, 0) is 0 Å². The second-order valence-electron chi connectivity index (χ2n) is 3.72. The molecule has 0 aliphatic heterocycles. The van der Waals surface area contributed by atoms with Gasteiger partial charge in [-0.1, -0.05) is 24.3 Å². The van der Waals surface area contributed by atoms with Crippen LogP contribution in [0.3, 0.4) is 0 Å². The largest absolute Gasteiger partial charge is 0.491 e. The molecule has 0 amide bonds. The Kier molecular flexibility index (Phi) is 4.91. The van der Waals surface area contributed by atoms with E-state index in [9.17, 15) is 0 Å². The van der Waals surface area contributed by atoms with Crippen molar-refractivity contribution in [3.05, 3.63) is 35.9 Å². The van der Waals surface area contributed by atoms with Crippen LogP contribution in [0.5, 0.6) is 5.75 Å². The summed E-state index contributed by atoms with van der Waals surface area (Å²) in [5.41, 5.74) is 6.58. The van der Waals surface area contributed by atoms with E-state index >= 15 is 0 Å². The van der Waals surface area contributed by atoms with Crippen LogP contribution in [-0.4, -0.2) is 12.6 Å². The highest BCUT2D eigenvalue weighted by atomic mass is 16.5. The number of rotatable bonds is 5. The van der Waals surface area contributed by atoms with Gasteiger partial charge in [-0.15, -0.1) is 0 Å². The third kappa shape index (κ3) is 4.66. The predicted octanol–water partition coefficient (Wildman–Crippen LogP) is 2.84. The lowest BCUT2D eigenvalue weighted by Crippen LogP contribution is -2.05. The number of benzene rings is 1. The Labute approximate surface area is 91.7 Å². The SMILES string of the molecule is CC(C)Oc1ccc(C=CCCN)cc1. The Hall–Kier alpha value is -1.28. The molecule has 1 rings (SSSR count). The van der Waals surface area contributed by atoms with E-state index in [-0.39, 0.29) is 6.10 Å². The fraction of sp³-hybridized carbons (Fsp3) is 0.385. The van der Waals surface area contributed by atoms with E-state index < -0.39 is 0 Å². The van der Waals surface area contributed by atoms with Gasteiger partial charge in [0.05, 0.1) is 6.10 Å². The van der Waals surface area contributed by atoms with Crippen molar-refractivity contribution in [1.82, 2.24) is 0 Å². The van der Waals surface area contributed by atoms with Gasteiger partial charge >= 0.3 is 0 Å². The van der Waals surface area contributed by atoms with Gasteiger partial charge in [0.1, 0.15) is 5.75 Å². The van der Waals surface area contributed by atoms with Gasteiger partial charge in [0.15, 0.2) is 0 Å². The van der Waals surface area contributed by atoms with E-state index in [0.717, 1.165) is 12.2 Å². The van der Waals surface area contributed by atoms with Gasteiger partial charge < -0.3 is 10.5 Å². The highest BCUT2D eigenvalue weighted by Crippen LogP contribution is 2.14. The van der Waals surface area contributed by atoms with Gasteiger partial charge in [0, 0.05) is 0 Å². The quantitative estimate of drug-likeness (QED) is 0.802. The third-order valence-corrected chi connectivity index (χ3v) is 1.90. The summed E-state index contributed by atoms with van der Waals surface area (Å²) in [6, 6.07) is 8.07. The first kappa shape index (κ1) is 11.8. The van der Waals surface area contributed by atoms with Crippen LogP contribution >= 0.6 is 0 Å². The average molecular weight is 205 g/mol. The number of nitrogens with two attached hydrogens (primary N) is 1. The normalized spacial score (nSPS) is 11.2. The lowest BCUT2D eigenvalue weighted by atomic mass is 10.2. The van der Waals surface area contributed by atoms with Gasteiger partial charge in [-0.25, -0.2) is 0 Å². The van der Waals surface area contributed by atoms with Crippen LogP contribution in [0.15, 0.2) is 30.3 Å². The molecule has 0 heterocycles. The van der Waals surface area contributed by atoms with Crippen molar-refractivity contribution in [3.63, 3.8) is 0 Å². The predicted molar refractivity (Wildman–Crippen MR) is 64.9 cm³/mol.